The highest BCUT2D eigenvalue weighted by Crippen LogP contribution is 2.31. The van der Waals surface area contributed by atoms with Gasteiger partial charge < -0.3 is 14.4 Å². The minimum Gasteiger partial charge on any atom is -0.486 e. The summed E-state index contributed by atoms with van der Waals surface area (Å²) in [5, 5.41) is 0. The van der Waals surface area contributed by atoms with Gasteiger partial charge in [-0.1, -0.05) is 6.07 Å². The Hall–Kier alpha value is -1.80. The van der Waals surface area contributed by atoms with Crippen molar-refractivity contribution in [3.05, 3.63) is 23.8 Å². The van der Waals surface area contributed by atoms with Crippen molar-refractivity contribution in [2.45, 2.75) is 19.3 Å². The number of amides is 1. The van der Waals surface area contributed by atoms with Gasteiger partial charge in [0.1, 0.15) is 13.2 Å². The molecule has 0 aromatic heterocycles. The van der Waals surface area contributed by atoms with E-state index in [1.807, 2.05) is 23.1 Å². The molecule has 2 aliphatic heterocycles. The number of fused-ring (bicyclic) bond motifs is 1. The zero-order chi connectivity index (χ0) is 17.9. The quantitative estimate of drug-likeness (QED) is 0.831. The van der Waals surface area contributed by atoms with Crippen LogP contribution in [0.25, 0.3) is 0 Å². The third-order valence-corrected chi connectivity index (χ3v) is 5.16. The van der Waals surface area contributed by atoms with E-state index in [4.69, 9.17) is 9.47 Å². The Kier molecular flexibility index (Phi) is 5.48. The molecule has 2 heterocycles. The Balaban J connectivity index is 1.57. The van der Waals surface area contributed by atoms with Crippen LogP contribution in [0, 0.1) is 5.92 Å². The van der Waals surface area contributed by atoms with E-state index in [0.29, 0.717) is 44.2 Å². The molecule has 1 fully saturated rings. The standard InChI is InChI=1S/C17H24N2O5S/c1-25(21,22)18-11-14-3-2-6-19(12-14)17(20)10-13-4-5-15-16(9-13)24-8-7-23-15/h4-5,9,14,18H,2-3,6-8,10-12H2,1H3/t14-/m0/s1. The first-order chi connectivity index (χ1) is 11.9. The van der Waals surface area contributed by atoms with Crippen LogP contribution in [0.4, 0.5) is 0 Å². The lowest BCUT2D eigenvalue weighted by atomic mass is 9.97. The predicted octanol–water partition coefficient (Wildman–Crippen LogP) is 0.788. The molecular formula is C17H24N2O5S. The van der Waals surface area contributed by atoms with Crippen LogP contribution < -0.4 is 14.2 Å². The highest BCUT2D eigenvalue weighted by Gasteiger charge is 2.24. The number of rotatable bonds is 5. The number of ether oxygens (including phenoxy) is 2. The fourth-order valence-corrected chi connectivity index (χ4v) is 3.75. The lowest BCUT2D eigenvalue weighted by Crippen LogP contribution is -2.44. The van der Waals surface area contributed by atoms with Crippen molar-refractivity contribution < 1.29 is 22.7 Å². The second-order valence-corrected chi connectivity index (χ2v) is 8.46. The van der Waals surface area contributed by atoms with Gasteiger partial charge in [0, 0.05) is 19.6 Å². The maximum atomic E-state index is 12.6. The summed E-state index contributed by atoms with van der Waals surface area (Å²) in [7, 11) is -3.20. The number of hydrogen-bond acceptors (Lipinski definition) is 5. The van der Waals surface area contributed by atoms with E-state index in [1.54, 1.807) is 0 Å². The summed E-state index contributed by atoms with van der Waals surface area (Å²) in [5.41, 5.74) is 0.894. The lowest BCUT2D eigenvalue weighted by Gasteiger charge is -2.33. The van der Waals surface area contributed by atoms with Gasteiger partial charge in [-0.2, -0.15) is 0 Å². The third-order valence-electron chi connectivity index (χ3n) is 4.47. The molecule has 7 nitrogen and oxygen atoms in total. The van der Waals surface area contributed by atoms with Crippen molar-refractivity contribution in [2.24, 2.45) is 5.92 Å². The first-order valence-electron chi connectivity index (χ1n) is 8.51. The fourth-order valence-electron chi connectivity index (χ4n) is 3.21. The molecule has 3 rings (SSSR count). The topological polar surface area (TPSA) is 84.9 Å². The summed E-state index contributed by atoms with van der Waals surface area (Å²) in [6.45, 7) is 2.75. The molecule has 1 aromatic carbocycles. The molecule has 138 valence electrons. The van der Waals surface area contributed by atoms with Crippen molar-refractivity contribution in [1.82, 2.24) is 9.62 Å². The van der Waals surface area contributed by atoms with Crippen LogP contribution in [-0.2, 0) is 21.2 Å². The van der Waals surface area contributed by atoms with Crippen LogP contribution in [0.5, 0.6) is 11.5 Å². The van der Waals surface area contributed by atoms with E-state index in [1.165, 1.54) is 0 Å². The Bertz CT molecular complexity index is 735. The maximum Gasteiger partial charge on any atom is 0.227 e. The number of nitrogens with one attached hydrogen (secondary N) is 1. The van der Waals surface area contributed by atoms with Crippen LogP contribution in [-0.4, -0.2) is 58.3 Å². The fraction of sp³-hybridized carbons (Fsp3) is 0.588. The maximum absolute atomic E-state index is 12.6. The summed E-state index contributed by atoms with van der Waals surface area (Å²) >= 11 is 0. The smallest absolute Gasteiger partial charge is 0.227 e. The van der Waals surface area contributed by atoms with E-state index in [0.717, 1.165) is 31.2 Å². The van der Waals surface area contributed by atoms with Gasteiger partial charge in [0.15, 0.2) is 11.5 Å². The molecular weight excluding hydrogens is 344 g/mol. The molecule has 2 aliphatic rings. The van der Waals surface area contributed by atoms with Gasteiger partial charge in [-0.25, -0.2) is 13.1 Å². The first-order valence-corrected chi connectivity index (χ1v) is 10.4. The van der Waals surface area contributed by atoms with E-state index in [9.17, 15) is 13.2 Å². The molecule has 0 saturated carbocycles. The molecule has 1 atom stereocenters. The monoisotopic (exact) mass is 368 g/mol. The van der Waals surface area contributed by atoms with Gasteiger partial charge in [-0.05, 0) is 36.5 Å². The van der Waals surface area contributed by atoms with Crippen LogP contribution in [0.2, 0.25) is 0 Å². The molecule has 0 bridgehead atoms. The average Bonchev–Trinajstić information content (AvgIpc) is 2.59. The Morgan fingerprint density at radius 2 is 2.04 bits per heavy atom. The minimum absolute atomic E-state index is 0.0562. The van der Waals surface area contributed by atoms with Gasteiger partial charge in [0.05, 0.1) is 12.7 Å². The van der Waals surface area contributed by atoms with Gasteiger partial charge in [-0.15, -0.1) is 0 Å². The largest absolute Gasteiger partial charge is 0.486 e. The van der Waals surface area contributed by atoms with Gasteiger partial charge in [0.25, 0.3) is 0 Å². The molecule has 1 saturated heterocycles. The predicted molar refractivity (Wildman–Crippen MR) is 93.3 cm³/mol. The zero-order valence-electron chi connectivity index (χ0n) is 14.4. The van der Waals surface area contributed by atoms with Gasteiger partial charge >= 0.3 is 0 Å². The van der Waals surface area contributed by atoms with Crippen molar-refractivity contribution >= 4 is 15.9 Å². The van der Waals surface area contributed by atoms with Crippen LogP contribution in [0.1, 0.15) is 18.4 Å². The molecule has 1 N–H and O–H groups in total. The highest BCUT2D eigenvalue weighted by molar-refractivity contribution is 7.88. The van der Waals surface area contributed by atoms with Crippen LogP contribution >= 0.6 is 0 Å². The summed E-state index contributed by atoms with van der Waals surface area (Å²) in [6, 6.07) is 5.59. The number of carbonyl (C=O) groups is 1. The van der Waals surface area contributed by atoms with Gasteiger partial charge in [-0.3, -0.25) is 4.79 Å². The Morgan fingerprint density at radius 1 is 1.28 bits per heavy atom. The molecule has 0 spiro atoms. The summed E-state index contributed by atoms with van der Waals surface area (Å²) in [6.07, 6.45) is 3.28. The first kappa shape index (κ1) is 18.0. The van der Waals surface area contributed by atoms with Gasteiger partial charge in [0.2, 0.25) is 15.9 Å². The van der Waals surface area contributed by atoms with E-state index >= 15 is 0 Å². The number of sulfonamides is 1. The Labute approximate surface area is 148 Å². The number of benzene rings is 1. The Morgan fingerprint density at radius 3 is 2.80 bits per heavy atom. The van der Waals surface area contributed by atoms with Crippen molar-refractivity contribution in [3.63, 3.8) is 0 Å². The molecule has 0 aliphatic carbocycles. The lowest BCUT2D eigenvalue weighted by molar-refractivity contribution is -0.132. The van der Waals surface area contributed by atoms with Crippen LogP contribution in [0.15, 0.2) is 18.2 Å². The van der Waals surface area contributed by atoms with E-state index in [2.05, 4.69) is 4.72 Å². The number of likely N-dealkylation sites (tertiary alicyclic amines) is 1. The summed E-state index contributed by atoms with van der Waals surface area (Å²) in [4.78, 5) is 14.4. The van der Waals surface area contributed by atoms with Crippen molar-refractivity contribution in [3.8, 4) is 11.5 Å². The van der Waals surface area contributed by atoms with E-state index < -0.39 is 10.0 Å². The minimum atomic E-state index is -3.20. The SMILES string of the molecule is CS(=O)(=O)NC[C@@H]1CCCN(C(=O)Cc2ccc3c(c2)OCCO3)C1. The molecule has 0 radical (unpaired) electrons. The second kappa shape index (κ2) is 7.61. The summed E-state index contributed by atoms with van der Waals surface area (Å²) in [5.74, 6) is 1.62. The molecule has 8 heteroatoms. The normalized spacial score (nSPS) is 20.4. The summed E-state index contributed by atoms with van der Waals surface area (Å²) < 4.78 is 36.1. The highest BCUT2D eigenvalue weighted by atomic mass is 32.2. The molecule has 25 heavy (non-hydrogen) atoms. The average molecular weight is 368 g/mol. The van der Waals surface area contributed by atoms with Crippen molar-refractivity contribution in [2.75, 3.05) is 39.1 Å². The molecule has 0 unspecified atom stereocenters. The van der Waals surface area contributed by atoms with Crippen molar-refractivity contribution in [1.29, 1.82) is 0 Å². The number of hydrogen-bond donors (Lipinski definition) is 1. The third kappa shape index (κ3) is 5.09. The molecule has 1 amide bonds. The second-order valence-electron chi connectivity index (χ2n) is 6.62. The number of carbonyl (C=O) groups excluding carboxylic acids is 1. The number of nitrogens with zero attached hydrogens (tertiary/aromatic N) is 1. The zero-order valence-corrected chi connectivity index (χ0v) is 15.2. The molecule has 1 aromatic rings. The van der Waals surface area contributed by atoms with Crippen LogP contribution in [0.3, 0.4) is 0 Å². The van der Waals surface area contributed by atoms with E-state index in [-0.39, 0.29) is 11.8 Å². The number of piperidine rings is 1.